The lowest BCUT2D eigenvalue weighted by molar-refractivity contribution is 0.408. The number of allylic oxidation sites excluding steroid dienone is 1. The zero-order chi connectivity index (χ0) is 11.9. The Morgan fingerprint density at radius 2 is 2.24 bits per heavy atom. The highest BCUT2D eigenvalue weighted by Crippen LogP contribution is 2.41. The van der Waals surface area contributed by atoms with Gasteiger partial charge in [0, 0.05) is 24.8 Å². The second kappa shape index (κ2) is 3.66. The summed E-state index contributed by atoms with van der Waals surface area (Å²) in [7, 11) is 0. The van der Waals surface area contributed by atoms with Gasteiger partial charge >= 0.3 is 0 Å². The van der Waals surface area contributed by atoms with Crippen LogP contribution in [0.3, 0.4) is 0 Å². The van der Waals surface area contributed by atoms with E-state index in [-0.39, 0.29) is 5.54 Å². The predicted molar refractivity (Wildman–Crippen MR) is 71.1 cm³/mol. The quantitative estimate of drug-likeness (QED) is 0.621. The average Bonchev–Trinajstić information content (AvgIpc) is 2.50. The Morgan fingerprint density at radius 1 is 1.35 bits per heavy atom. The number of pyridine rings is 1. The van der Waals surface area contributed by atoms with Crippen LogP contribution in [-0.4, -0.2) is 11.2 Å². The van der Waals surface area contributed by atoms with Crippen LogP contribution in [0, 0.1) is 12.8 Å². The number of nitrogens with zero attached hydrogens (tertiary/aromatic N) is 2. The summed E-state index contributed by atoms with van der Waals surface area (Å²) >= 11 is 0. The molecule has 1 aliphatic heterocycles. The number of aromatic nitrogens is 1. The van der Waals surface area contributed by atoms with Crippen molar-refractivity contribution in [1.82, 2.24) is 4.98 Å². The molecular formula is C15H16N2. The molecule has 1 aromatic heterocycles. The van der Waals surface area contributed by atoms with Crippen LogP contribution in [0.25, 0.3) is 6.08 Å². The number of fused-ring (bicyclic) bond motifs is 3. The third-order valence-corrected chi connectivity index (χ3v) is 3.61. The minimum Gasteiger partial charge on any atom is -0.283 e. The van der Waals surface area contributed by atoms with E-state index in [1.165, 1.54) is 11.1 Å². The fraction of sp³-hybridized carbons (Fsp3) is 0.333. The van der Waals surface area contributed by atoms with Crippen LogP contribution in [-0.2, 0) is 5.54 Å². The third kappa shape index (κ3) is 1.55. The molecule has 0 spiro atoms. The molecule has 2 atom stereocenters. The summed E-state index contributed by atoms with van der Waals surface area (Å²) in [6.07, 6.45) is 13.7. The number of rotatable bonds is 0. The summed E-state index contributed by atoms with van der Waals surface area (Å²) in [5.41, 5.74) is 3.27. The average molecular weight is 224 g/mol. The molecule has 2 nitrogen and oxygen atoms in total. The minimum absolute atomic E-state index is 0.231. The van der Waals surface area contributed by atoms with Gasteiger partial charge in [0.15, 0.2) is 0 Å². The van der Waals surface area contributed by atoms with E-state index >= 15 is 0 Å². The first-order valence-corrected chi connectivity index (χ1v) is 6.06. The predicted octanol–water partition coefficient (Wildman–Crippen LogP) is 3.28. The van der Waals surface area contributed by atoms with Gasteiger partial charge in [-0.3, -0.25) is 9.98 Å². The Bertz CT molecular complexity index is 540. The van der Waals surface area contributed by atoms with Crippen molar-refractivity contribution in [3.05, 3.63) is 47.3 Å². The van der Waals surface area contributed by atoms with E-state index in [9.17, 15) is 0 Å². The number of aliphatic imine (C=N–C) groups is 1. The van der Waals surface area contributed by atoms with Crippen molar-refractivity contribution in [2.45, 2.75) is 25.8 Å². The van der Waals surface area contributed by atoms with Crippen LogP contribution in [0.1, 0.15) is 30.2 Å². The molecule has 2 heterocycles. The highest BCUT2D eigenvalue weighted by atomic mass is 14.9. The molecule has 2 unspecified atom stereocenters. The second-order valence-corrected chi connectivity index (χ2v) is 4.96. The highest BCUT2D eigenvalue weighted by molar-refractivity contribution is 5.65. The molecule has 0 amide bonds. The zero-order valence-corrected chi connectivity index (χ0v) is 10.2. The van der Waals surface area contributed by atoms with E-state index in [4.69, 9.17) is 4.99 Å². The molecule has 2 heteroatoms. The Labute approximate surface area is 102 Å². The number of hydrogen-bond donors (Lipinski definition) is 0. The van der Waals surface area contributed by atoms with E-state index in [0.29, 0.717) is 5.92 Å². The first kappa shape index (κ1) is 10.5. The van der Waals surface area contributed by atoms with Gasteiger partial charge in [-0.25, -0.2) is 0 Å². The van der Waals surface area contributed by atoms with E-state index in [2.05, 4.69) is 49.2 Å². The van der Waals surface area contributed by atoms with Crippen LogP contribution in [0.2, 0.25) is 0 Å². The molecule has 0 saturated heterocycles. The molecular weight excluding hydrogens is 208 g/mol. The van der Waals surface area contributed by atoms with E-state index in [0.717, 1.165) is 12.1 Å². The first-order valence-electron chi connectivity index (χ1n) is 6.06. The lowest BCUT2D eigenvalue weighted by Crippen LogP contribution is -2.31. The summed E-state index contributed by atoms with van der Waals surface area (Å²) in [5.74, 6) is 0.323. The second-order valence-electron chi connectivity index (χ2n) is 4.96. The fourth-order valence-electron chi connectivity index (χ4n) is 2.62. The van der Waals surface area contributed by atoms with E-state index < -0.39 is 0 Å². The van der Waals surface area contributed by atoms with Crippen molar-refractivity contribution in [3.63, 3.8) is 0 Å². The van der Waals surface area contributed by atoms with Crippen LogP contribution in [0.5, 0.6) is 0 Å². The van der Waals surface area contributed by atoms with Gasteiger partial charge in [-0.05, 0) is 31.0 Å². The van der Waals surface area contributed by atoms with Crippen molar-refractivity contribution >= 4 is 12.3 Å². The Balaban J connectivity index is 2.22. The molecule has 17 heavy (non-hydrogen) atoms. The van der Waals surface area contributed by atoms with E-state index in [1.807, 2.05) is 12.4 Å². The summed E-state index contributed by atoms with van der Waals surface area (Å²) in [6.45, 7) is 4.25. The summed E-state index contributed by atoms with van der Waals surface area (Å²) < 4.78 is 0. The smallest absolute Gasteiger partial charge is 0.110 e. The van der Waals surface area contributed by atoms with Gasteiger partial charge in [-0.1, -0.05) is 24.3 Å². The van der Waals surface area contributed by atoms with Crippen LogP contribution in [0.15, 0.2) is 35.5 Å². The fourth-order valence-corrected chi connectivity index (χ4v) is 2.62. The molecule has 0 saturated carbocycles. The molecule has 1 aromatic rings. The Morgan fingerprint density at radius 3 is 3.12 bits per heavy atom. The lowest BCUT2D eigenvalue weighted by Gasteiger charge is -2.33. The van der Waals surface area contributed by atoms with Gasteiger partial charge in [-0.15, -0.1) is 0 Å². The van der Waals surface area contributed by atoms with Gasteiger partial charge in [-0.2, -0.15) is 0 Å². The summed E-state index contributed by atoms with van der Waals surface area (Å²) in [6, 6.07) is 2.18. The maximum Gasteiger partial charge on any atom is 0.110 e. The van der Waals surface area contributed by atoms with Gasteiger partial charge in [0.1, 0.15) is 5.54 Å². The third-order valence-electron chi connectivity index (χ3n) is 3.61. The SMILES string of the molecule is Cc1cnc2c(c1)C=CC1C=CCC=NC21C. The van der Waals surface area contributed by atoms with Crippen molar-refractivity contribution in [2.75, 3.05) is 0 Å². The lowest BCUT2D eigenvalue weighted by atomic mass is 9.77. The molecule has 0 radical (unpaired) electrons. The van der Waals surface area contributed by atoms with Crippen molar-refractivity contribution in [3.8, 4) is 0 Å². The Kier molecular flexibility index (Phi) is 2.25. The molecule has 86 valence electrons. The van der Waals surface area contributed by atoms with Crippen molar-refractivity contribution in [1.29, 1.82) is 0 Å². The van der Waals surface area contributed by atoms with Gasteiger partial charge in [0.25, 0.3) is 0 Å². The standard InChI is InChI=1S/C15H16N2/c1-11-9-12-6-7-13-5-3-4-8-17-15(13,2)14(12)16-10-11/h3,5-10,13H,4H2,1-2H3. The molecule has 3 rings (SSSR count). The van der Waals surface area contributed by atoms with Crippen molar-refractivity contribution in [2.24, 2.45) is 10.9 Å². The topological polar surface area (TPSA) is 25.2 Å². The largest absolute Gasteiger partial charge is 0.283 e. The molecule has 1 aliphatic carbocycles. The molecule has 0 fully saturated rings. The molecule has 0 N–H and O–H groups in total. The van der Waals surface area contributed by atoms with Gasteiger partial charge < -0.3 is 0 Å². The zero-order valence-electron chi connectivity index (χ0n) is 10.2. The van der Waals surface area contributed by atoms with Gasteiger partial charge in [0.2, 0.25) is 0 Å². The summed E-state index contributed by atoms with van der Waals surface area (Å²) in [5, 5.41) is 0. The first-order chi connectivity index (χ1) is 8.20. The molecule has 0 bridgehead atoms. The van der Waals surface area contributed by atoms with Crippen LogP contribution >= 0.6 is 0 Å². The Hall–Kier alpha value is -1.70. The number of hydrogen-bond acceptors (Lipinski definition) is 2. The summed E-state index contributed by atoms with van der Waals surface area (Å²) in [4.78, 5) is 9.36. The number of aryl methyl sites for hydroxylation is 1. The molecule has 2 aliphatic rings. The monoisotopic (exact) mass is 224 g/mol. The van der Waals surface area contributed by atoms with Gasteiger partial charge in [0.05, 0.1) is 5.69 Å². The maximum atomic E-state index is 4.75. The van der Waals surface area contributed by atoms with E-state index in [1.54, 1.807) is 0 Å². The minimum atomic E-state index is -0.231. The van der Waals surface area contributed by atoms with Crippen LogP contribution < -0.4 is 0 Å². The maximum absolute atomic E-state index is 4.75. The molecule has 0 aromatic carbocycles. The normalized spacial score (nSPS) is 29.6. The highest BCUT2D eigenvalue weighted by Gasteiger charge is 2.38. The van der Waals surface area contributed by atoms with Crippen LogP contribution in [0.4, 0.5) is 0 Å². The van der Waals surface area contributed by atoms with Crippen molar-refractivity contribution < 1.29 is 0 Å².